The Balaban J connectivity index is 0.977. The first-order valence-electron chi connectivity index (χ1n) is 19.2. The predicted octanol–water partition coefficient (Wildman–Crippen LogP) is 13.2. The first kappa shape index (κ1) is 32.0. The van der Waals surface area contributed by atoms with Crippen LogP contribution >= 0.6 is 11.3 Å². The Morgan fingerprint density at radius 2 is 1.21 bits per heavy atom. The minimum absolute atomic E-state index is 0.257. The molecule has 1 N–H and O–H groups in total. The maximum Gasteiger partial charge on any atom is 0.160 e. The van der Waals surface area contributed by atoms with Crippen molar-refractivity contribution in [1.29, 1.82) is 0 Å². The minimum atomic E-state index is -0.257. The van der Waals surface area contributed by atoms with Crippen molar-refractivity contribution in [2.45, 2.75) is 6.17 Å². The van der Waals surface area contributed by atoms with Crippen molar-refractivity contribution < 1.29 is 4.42 Å². The van der Waals surface area contributed by atoms with Gasteiger partial charge < -0.3 is 14.3 Å². The van der Waals surface area contributed by atoms with Crippen LogP contribution < -0.4 is 5.32 Å². The number of aliphatic imine (C=N–C) groups is 2. The highest BCUT2D eigenvalue weighted by Crippen LogP contribution is 2.42. The van der Waals surface area contributed by atoms with Gasteiger partial charge in [-0.2, -0.15) is 0 Å². The van der Waals surface area contributed by atoms with Crippen molar-refractivity contribution in [3.63, 3.8) is 0 Å². The first-order chi connectivity index (χ1) is 28.2. The molecule has 12 rings (SSSR count). The molecule has 0 fully saturated rings. The summed E-state index contributed by atoms with van der Waals surface area (Å²) in [6, 6.07) is 64.3. The molecule has 8 aromatic carbocycles. The monoisotopic (exact) mass is 748 g/mol. The third-order valence-corrected chi connectivity index (χ3v) is 12.5. The molecule has 6 heteroatoms. The van der Waals surface area contributed by atoms with Crippen LogP contribution in [0.1, 0.15) is 22.9 Å². The van der Waals surface area contributed by atoms with Gasteiger partial charge in [0, 0.05) is 64.1 Å². The average molecular weight is 749 g/mol. The maximum absolute atomic E-state index is 6.71. The van der Waals surface area contributed by atoms with Crippen LogP contribution in [-0.4, -0.2) is 16.2 Å². The molecule has 57 heavy (non-hydrogen) atoms. The van der Waals surface area contributed by atoms with Crippen LogP contribution in [0, 0.1) is 0 Å². The molecule has 0 bridgehead atoms. The molecule has 4 heterocycles. The van der Waals surface area contributed by atoms with Gasteiger partial charge in [0.1, 0.15) is 23.2 Å². The fourth-order valence-electron chi connectivity index (χ4n) is 8.61. The summed E-state index contributed by atoms with van der Waals surface area (Å²) in [6.45, 7) is 0. The summed E-state index contributed by atoms with van der Waals surface area (Å²) >= 11 is 1.79. The van der Waals surface area contributed by atoms with Gasteiger partial charge in [0.05, 0.1) is 11.0 Å². The molecular formula is C51H32N4OS. The molecule has 0 aliphatic carbocycles. The Kier molecular flexibility index (Phi) is 7.09. The van der Waals surface area contributed by atoms with E-state index < -0.39 is 0 Å². The Labute approximate surface area is 331 Å². The van der Waals surface area contributed by atoms with E-state index in [9.17, 15) is 0 Å². The molecule has 1 atom stereocenters. The molecule has 0 spiro atoms. The zero-order valence-electron chi connectivity index (χ0n) is 30.6. The molecule has 1 aliphatic rings. The summed E-state index contributed by atoms with van der Waals surface area (Å²) in [6.07, 6.45) is -0.257. The second kappa shape index (κ2) is 12.6. The molecule has 5 nitrogen and oxygen atoms in total. The zero-order chi connectivity index (χ0) is 37.5. The molecule has 11 aromatic rings. The topological polar surface area (TPSA) is 54.8 Å². The number of nitrogens with one attached hydrogen (secondary N) is 1. The summed E-state index contributed by atoms with van der Waals surface area (Å²) in [5.41, 5.74) is 10.6. The van der Waals surface area contributed by atoms with Crippen molar-refractivity contribution in [3.05, 3.63) is 199 Å². The van der Waals surface area contributed by atoms with Crippen LogP contribution in [0.5, 0.6) is 0 Å². The van der Waals surface area contributed by atoms with Gasteiger partial charge in [0.2, 0.25) is 0 Å². The van der Waals surface area contributed by atoms with Gasteiger partial charge in [-0.1, -0.05) is 140 Å². The molecule has 1 aliphatic heterocycles. The molecule has 0 saturated heterocycles. The number of hydrogen-bond donors (Lipinski definition) is 1. The van der Waals surface area contributed by atoms with E-state index in [1.807, 2.05) is 24.3 Å². The lowest BCUT2D eigenvalue weighted by atomic mass is 10.0. The van der Waals surface area contributed by atoms with E-state index in [1.165, 1.54) is 42.0 Å². The number of rotatable bonds is 5. The van der Waals surface area contributed by atoms with Gasteiger partial charge in [-0.3, -0.25) is 0 Å². The average Bonchev–Trinajstić information content (AvgIpc) is 3.96. The molecule has 3 aromatic heterocycles. The lowest BCUT2D eigenvalue weighted by Crippen LogP contribution is -2.33. The molecule has 0 radical (unpaired) electrons. The van der Waals surface area contributed by atoms with Crippen molar-refractivity contribution in [2.75, 3.05) is 0 Å². The van der Waals surface area contributed by atoms with E-state index in [0.29, 0.717) is 0 Å². The Hall–Kier alpha value is -7.28. The number of hydrogen-bond acceptors (Lipinski definition) is 5. The largest absolute Gasteiger partial charge is 0.455 e. The van der Waals surface area contributed by atoms with E-state index >= 15 is 0 Å². The highest BCUT2D eigenvalue weighted by molar-refractivity contribution is 7.26. The van der Waals surface area contributed by atoms with Gasteiger partial charge in [-0.15, -0.1) is 11.3 Å². The third kappa shape index (κ3) is 5.08. The van der Waals surface area contributed by atoms with Crippen LogP contribution in [-0.2, 0) is 0 Å². The van der Waals surface area contributed by atoms with E-state index in [4.69, 9.17) is 14.4 Å². The number of fused-ring (bicyclic) bond motifs is 9. The zero-order valence-corrected chi connectivity index (χ0v) is 31.4. The number of para-hydroxylation sites is 3. The number of thiophene rings is 1. The van der Waals surface area contributed by atoms with Crippen LogP contribution in [0.3, 0.4) is 0 Å². The highest BCUT2D eigenvalue weighted by atomic mass is 32.1. The third-order valence-electron chi connectivity index (χ3n) is 11.3. The van der Waals surface area contributed by atoms with E-state index in [1.54, 1.807) is 11.3 Å². The Morgan fingerprint density at radius 1 is 0.526 bits per heavy atom. The number of aromatic nitrogens is 1. The molecule has 268 valence electrons. The SMILES string of the molecule is c1ccc(C2=NC(c3cccc4c3sc3cc(-c5cccc6c5oc5ccc(-n7c8ccccc8c8ccccc87)cc56)ccc34)=NC(c3ccccc3)N2)cc1. The number of amidine groups is 2. The second-order valence-electron chi connectivity index (χ2n) is 14.6. The number of furan rings is 1. The van der Waals surface area contributed by atoms with Gasteiger partial charge in [0.25, 0.3) is 0 Å². The van der Waals surface area contributed by atoms with Crippen LogP contribution in [0.25, 0.3) is 80.7 Å². The van der Waals surface area contributed by atoms with Gasteiger partial charge in [0.15, 0.2) is 5.84 Å². The number of benzene rings is 8. The molecule has 1 unspecified atom stereocenters. The summed E-state index contributed by atoms with van der Waals surface area (Å²) < 4.78 is 11.4. The highest BCUT2D eigenvalue weighted by Gasteiger charge is 2.23. The summed E-state index contributed by atoms with van der Waals surface area (Å²) in [7, 11) is 0. The number of nitrogens with zero attached hydrogens (tertiary/aromatic N) is 3. The maximum atomic E-state index is 6.71. The fraction of sp³-hybridized carbons (Fsp3) is 0.0196. The first-order valence-corrected chi connectivity index (χ1v) is 20.0. The van der Waals surface area contributed by atoms with E-state index in [0.717, 1.165) is 67.1 Å². The Bertz CT molecular complexity index is 3390. The smallest absolute Gasteiger partial charge is 0.160 e. The van der Waals surface area contributed by atoms with Crippen LogP contribution in [0.4, 0.5) is 0 Å². The van der Waals surface area contributed by atoms with Crippen molar-refractivity contribution >= 4 is 86.9 Å². The molecule has 0 saturated carbocycles. The summed E-state index contributed by atoms with van der Waals surface area (Å²) in [5.74, 6) is 1.54. The van der Waals surface area contributed by atoms with Gasteiger partial charge in [-0.25, -0.2) is 9.98 Å². The summed E-state index contributed by atoms with van der Waals surface area (Å²) in [4.78, 5) is 10.3. The van der Waals surface area contributed by atoms with Crippen molar-refractivity contribution in [3.8, 4) is 16.8 Å². The lowest BCUT2D eigenvalue weighted by Gasteiger charge is -2.23. The van der Waals surface area contributed by atoms with Gasteiger partial charge in [-0.05, 0) is 53.6 Å². The standard InChI is InChI=1S/C51H32N4OS/c1-3-13-31(14-4-1)49-52-50(32-15-5-2-6-16-32)54-51(53-49)41-22-12-21-40-38-27-25-33(29-46(38)57-48(40)41)35-19-11-20-39-42-30-34(26-28-45(42)56-47(35)39)55-43-23-9-7-17-36(43)37-18-8-10-24-44(37)55/h1-30,49H,(H,52,53,54). The van der Waals surface area contributed by atoms with E-state index in [2.05, 4.69) is 168 Å². The molecule has 0 amide bonds. The lowest BCUT2D eigenvalue weighted by molar-refractivity contribution is 0.670. The quantitative estimate of drug-likeness (QED) is 0.191. The predicted molar refractivity (Wildman–Crippen MR) is 238 cm³/mol. The fourth-order valence-corrected chi connectivity index (χ4v) is 9.86. The van der Waals surface area contributed by atoms with Crippen LogP contribution in [0.2, 0.25) is 0 Å². The second-order valence-corrected chi connectivity index (χ2v) is 15.6. The van der Waals surface area contributed by atoms with Crippen molar-refractivity contribution in [1.82, 2.24) is 9.88 Å². The minimum Gasteiger partial charge on any atom is -0.455 e. The molecular weight excluding hydrogens is 717 g/mol. The normalized spacial score (nSPS) is 14.5. The van der Waals surface area contributed by atoms with E-state index in [-0.39, 0.29) is 6.17 Å². The Morgan fingerprint density at radius 3 is 2.00 bits per heavy atom. The van der Waals surface area contributed by atoms with Crippen molar-refractivity contribution in [2.24, 2.45) is 9.98 Å². The van der Waals surface area contributed by atoms with Crippen LogP contribution in [0.15, 0.2) is 196 Å². The summed E-state index contributed by atoms with van der Waals surface area (Å²) in [5, 5.41) is 10.7. The van der Waals surface area contributed by atoms with Gasteiger partial charge >= 0.3 is 0 Å².